The molecule has 0 unspecified atom stereocenters. The van der Waals surface area contributed by atoms with E-state index in [-0.39, 0.29) is 5.84 Å². The van der Waals surface area contributed by atoms with Crippen molar-refractivity contribution in [3.8, 4) is 11.5 Å². The molecule has 0 atom stereocenters. The van der Waals surface area contributed by atoms with E-state index in [4.69, 9.17) is 27.3 Å². The molecule has 4 nitrogen and oxygen atoms in total. The van der Waals surface area contributed by atoms with Crippen molar-refractivity contribution in [2.45, 2.75) is 6.92 Å². The molecule has 0 aromatic heterocycles. The van der Waals surface area contributed by atoms with E-state index in [1.165, 1.54) is 0 Å². The van der Waals surface area contributed by atoms with Gasteiger partial charge in [0.2, 0.25) is 0 Å². The summed E-state index contributed by atoms with van der Waals surface area (Å²) in [5.41, 5.74) is 7.14. The van der Waals surface area contributed by atoms with Crippen molar-refractivity contribution >= 4 is 17.4 Å². The molecule has 19 heavy (non-hydrogen) atoms. The molecule has 0 saturated carbocycles. The van der Waals surface area contributed by atoms with Gasteiger partial charge in [-0.25, -0.2) is 0 Å². The minimum absolute atomic E-state index is 0.00856. The van der Waals surface area contributed by atoms with Crippen LogP contribution in [0.15, 0.2) is 47.6 Å². The van der Waals surface area contributed by atoms with Crippen LogP contribution < -0.4 is 10.5 Å². The maximum atomic E-state index is 8.81. The lowest BCUT2D eigenvalue weighted by Crippen LogP contribution is -2.14. The highest BCUT2D eigenvalue weighted by molar-refractivity contribution is 6.32. The Balaban J connectivity index is 2.43. The van der Waals surface area contributed by atoms with Crippen LogP contribution in [0.1, 0.15) is 11.1 Å². The Kier molecular flexibility index (Phi) is 3.92. The molecule has 0 saturated heterocycles. The predicted octanol–water partition coefficient (Wildman–Crippen LogP) is 3.54. The summed E-state index contributed by atoms with van der Waals surface area (Å²) in [7, 11) is 0. The molecule has 0 aliphatic heterocycles. The molecule has 0 fully saturated rings. The zero-order valence-electron chi connectivity index (χ0n) is 10.3. The molecule has 0 aliphatic rings. The fourth-order valence-electron chi connectivity index (χ4n) is 1.63. The minimum Gasteiger partial charge on any atom is -0.455 e. The number of benzene rings is 2. The van der Waals surface area contributed by atoms with E-state index < -0.39 is 0 Å². The maximum Gasteiger partial charge on any atom is 0.173 e. The van der Waals surface area contributed by atoms with E-state index in [1.54, 1.807) is 24.3 Å². The number of hydrogen-bond acceptors (Lipinski definition) is 3. The molecule has 2 aromatic rings. The van der Waals surface area contributed by atoms with Gasteiger partial charge in [-0.3, -0.25) is 0 Å². The van der Waals surface area contributed by atoms with E-state index >= 15 is 0 Å². The average molecular weight is 277 g/mol. The third kappa shape index (κ3) is 2.98. The molecule has 0 amide bonds. The molecule has 0 radical (unpaired) electrons. The van der Waals surface area contributed by atoms with Crippen molar-refractivity contribution < 1.29 is 9.94 Å². The molecule has 5 heteroatoms. The summed E-state index contributed by atoms with van der Waals surface area (Å²) in [5, 5.41) is 12.3. The van der Waals surface area contributed by atoms with Crippen LogP contribution in [0, 0.1) is 6.92 Å². The van der Waals surface area contributed by atoms with Crippen molar-refractivity contribution in [2.75, 3.05) is 0 Å². The highest BCUT2D eigenvalue weighted by atomic mass is 35.5. The lowest BCUT2D eigenvalue weighted by Gasteiger charge is -2.12. The van der Waals surface area contributed by atoms with Gasteiger partial charge in [-0.05, 0) is 31.2 Å². The normalized spacial score (nSPS) is 11.4. The number of oxime groups is 1. The number of amidine groups is 1. The lowest BCUT2D eigenvalue weighted by atomic mass is 10.1. The fourth-order valence-corrected chi connectivity index (χ4v) is 1.81. The SMILES string of the molecule is Cc1ccc(Oc2ccccc2Cl)c(/C(N)=N/O)c1. The lowest BCUT2D eigenvalue weighted by molar-refractivity contribution is 0.318. The van der Waals surface area contributed by atoms with E-state index in [0.717, 1.165) is 5.56 Å². The summed E-state index contributed by atoms with van der Waals surface area (Å²) in [6.07, 6.45) is 0. The van der Waals surface area contributed by atoms with Crippen molar-refractivity contribution in [1.82, 2.24) is 0 Å². The Morgan fingerprint density at radius 3 is 2.63 bits per heavy atom. The monoisotopic (exact) mass is 276 g/mol. The fraction of sp³-hybridized carbons (Fsp3) is 0.0714. The standard InChI is InChI=1S/C14H13ClN2O2/c1-9-6-7-12(10(8-9)14(16)17-18)19-13-5-3-2-4-11(13)15/h2-8,18H,1H3,(H2,16,17). The van der Waals surface area contributed by atoms with Crippen molar-refractivity contribution in [3.05, 3.63) is 58.6 Å². The molecule has 2 aromatic carbocycles. The minimum atomic E-state index is -0.00856. The van der Waals surface area contributed by atoms with E-state index in [9.17, 15) is 0 Å². The summed E-state index contributed by atoms with van der Waals surface area (Å²) >= 11 is 6.04. The van der Waals surface area contributed by atoms with Gasteiger partial charge in [0.05, 0.1) is 10.6 Å². The number of ether oxygens (including phenoxy) is 1. The highest BCUT2D eigenvalue weighted by Crippen LogP contribution is 2.31. The maximum absolute atomic E-state index is 8.81. The topological polar surface area (TPSA) is 67.8 Å². The van der Waals surface area contributed by atoms with Crippen molar-refractivity contribution in [3.63, 3.8) is 0 Å². The van der Waals surface area contributed by atoms with Crippen LogP contribution in [-0.4, -0.2) is 11.0 Å². The van der Waals surface area contributed by atoms with Gasteiger partial charge in [-0.2, -0.15) is 0 Å². The van der Waals surface area contributed by atoms with Gasteiger partial charge in [-0.15, -0.1) is 0 Å². The second-order valence-electron chi connectivity index (χ2n) is 4.02. The quantitative estimate of drug-likeness (QED) is 0.390. The molecule has 0 bridgehead atoms. The number of nitrogens with two attached hydrogens (primary N) is 1. The number of aryl methyl sites for hydroxylation is 1. The number of rotatable bonds is 3. The Morgan fingerprint density at radius 1 is 1.21 bits per heavy atom. The van der Waals surface area contributed by atoms with E-state index in [1.807, 2.05) is 25.1 Å². The van der Waals surface area contributed by atoms with Gasteiger partial charge in [-0.1, -0.05) is 40.5 Å². The highest BCUT2D eigenvalue weighted by Gasteiger charge is 2.11. The first-order valence-electron chi connectivity index (χ1n) is 5.62. The van der Waals surface area contributed by atoms with Crippen molar-refractivity contribution in [1.29, 1.82) is 0 Å². The Morgan fingerprint density at radius 2 is 1.95 bits per heavy atom. The molecular formula is C14H13ClN2O2. The first-order chi connectivity index (χ1) is 9.11. The summed E-state index contributed by atoms with van der Waals surface area (Å²) in [6.45, 7) is 1.91. The Labute approximate surface area is 116 Å². The zero-order chi connectivity index (χ0) is 13.8. The van der Waals surface area contributed by atoms with Crippen LogP contribution in [0.4, 0.5) is 0 Å². The average Bonchev–Trinajstić information content (AvgIpc) is 2.42. The van der Waals surface area contributed by atoms with Crippen molar-refractivity contribution in [2.24, 2.45) is 10.9 Å². The predicted molar refractivity (Wildman–Crippen MR) is 75.2 cm³/mol. The molecule has 2 rings (SSSR count). The van der Waals surface area contributed by atoms with Gasteiger partial charge in [0.15, 0.2) is 5.84 Å². The number of halogens is 1. The first-order valence-corrected chi connectivity index (χ1v) is 6.00. The second-order valence-corrected chi connectivity index (χ2v) is 4.42. The Hall–Kier alpha value is -2.20. The molecule has 98 valence electrons. The van der Waals surface area contributed by atoms with Gasteiger partial charge in [0, 0.05) is 0 Å². The van der Waals surface area contributed by atoms with E-state index in [2.05, 4.69) is 5.16 Å². The molecule has 0 spiro atoms. The van der Waals surface area contributed by atoms with Gasteiger partial charge >= 0.3 is 0 Å². The Bertz CT molecular complexity index is 627. The number of para-hydroxylation sites is 1. The second kappa shape index (κ2) is 5.63. The molecular weight excluding hydrogens is 264 g/mol. The van der Waals surface area contributed by atoms with Crippen LogP contribution in [-0.2, 0) is 0 Å². The third-order valence-electron chi connectivity index (χ3n) is 2.58. The summed E-state index contributed by atoms with van der Waals surface area (Å²) in [4.78, 5) is 0. The molecule has 0 aliphatic carbocycles. The van der Waals surface area contributed by atoms with Crippen LogP contribution in [0.5, 0.6) is 11.5 Å². The number of nitrogens with zero attached hydrogens (tertiary/aromatic N) is 1. The smallest absolute Gasteiger partial charge is 0.173 e. The van der Waals surface area contributed by atoms with Crippen LogP contribution in [0.3, 0.4) is 0 Å². The van der Waals surface area contributed by atoms with Gasteiger partial charge in [0.25, 0.3) is 0 Å². The first kappa shape index (κ1) is 13.2. The summed E-state index contributed by atoms with van der Waals surface area (Å²) < 4.78 is 5.71. The molecule has 0 heterocycles. The number of hydrogen-bond donors (Lipinski definition) is 2. The largest absolute Gasteiger partial charge is 0.455 e. The molecule has 3 N–H and O–H groups in total. The van der Waals surface area contributed by atoms with Gasteiger partial charge < -0.3 is 15.7 Å². The van der Waals surface area contributed by atoms with E-state index in [0.29, 0.717) is 22.1 Å². The van der Waals surface area contributed by atoms with Gasteiger partial charge in [0.1, 0.15) is 11.5 Å². The third-order valence-corrected chi connectivity index (χ3v) is 2.89. The summed E-state index contributed by atoms with van der Waals surface area (Å²) in [5.74, 6) is 0.986. The van der Waals surface area contributed by atoms with Crippen LogP contribution in [0.2, 0.25) is 5.02 Å². The van der Waals surface area contributed by atoms with Crippen LogP contribution >= 0.6 is 11.6 Å². The summed E-state index contributed by atoms with van der Waals surface area (Å²) in [6, 6.07) is 12.5. The van der Waals surface area contributed by atoms with Crippen LogP contribution in [0.25, 0.3) is 0 Å². The zero-order valence-corrected chi connectivity index (χ0v) is 11.1.